The highest BCUT2D eigenvalue weighted by atomic mass is 32.2. The molecule has 134 valence electrons. The number of carbonyl (C=O) groups is 2. The predicted octanol–water partition coefficient (Wildman–Crippen LogP) is 3.31. The van der Waals surface area contributed by atoms with Crippen LogP contribution in [0.3, 0.4) is 0 Å². The third kappa shape index (κ3) is 4.50. The minimum Gasteiger partial charge on any atom is -0.465 e. The number of aryl methyl sites for hydroxylation is 1. The van der Waals surface area contributed by atoms with Crippen LogP contribution in [0.4, 0.5) is 10.1 Å². The molecule has 25 heavy (non-hydrogen) atoms. The van der Waals surface area contributed by atoms with Crippen molar-refractivity contribution in [3.63, 3.8) is 0 Å². The van der Waals surface area contributed by atoms with Crippen molar-refractivity contribution in [2.45, 2.75) is 37.1 Å². The van der Waals surface area contributed by atoms with Gasteiger partial charge in [0.1, 0.15) is 5.00 Å². The van der Waals surface area contributed by atoms with Crippen LogP contribution in [0.15, 0.2) is 4.34 Å². The van der Waals surface area contributed by atoms with Crippen LogP contribution in [0.5, 0.6) is 0 Å². The summed E-state index contributed by atoms with van der Waals surface area (Å²) in [6, 6.07) is 0.524. The van der Waals surface area contributed by atoms with Gasteiger partial charge < -0.3 is 15.4 Å². The van der Waals surface area contributed by atoms with Crippen molar-refractivity contribution in [1.29, 1.82) is 0 Å². The summed E-state index contributed by atoms with van der Waals surface area (Å²) in [6.45, 7) is 3.75. The Kier molecular flexibility index (Phi) is 5.60. The van der Waals surface area contributed by atoms with Crippen molar-refractivity contribution < 1.29 is 14.3 Å². The molecule has 2 aromatic heterocycles. The zero-order valence-corrected chi connectivity index (χ0v) is 16.5. The molecule has 1 saturated carbocycles. The molecule has 0 saturated heterocycles. The summed E-state index contributed by atoms with van der Waals surface area (Å²) in [6.07, 6.45) is 2.35. The molecule has 1 amide bonds. The lowest BCUT2D eigenvalue weighted by atomic mass is 10.1. The van der Waals surface area contributed by atoms with Crippen LogP contribution in [-0.4, -0.2) is 41.0 Å². The molecule has 2 heterocycles. The number of nitrogens with zero attached hydrogens (tertiary/aromatic N) is 2. The van der Waals surface area contributed by atoms with Gasteiger partial charge in [-0.3, -0.25) is 4.79 Å². The normalized spacial score (nSPS) is 13.6. The lowest BCUT2D eigenvalue weighted by Gasteiger charge is -2.05. The van der Waals surface area contributed by atoms with E-state index in [4.69, 9.17) is 4.74 Å². The number of carbonyl (C=O) groups excluding carboxylic acids is 2. The molecule has 2 aromatic rings. The zero-order valence-electron chi connectivity index (χ0n) is 14.0. The number of hydrogen-bond donors (Lipinski definition) is 2. The Morgan fingerprint density at radius 1 is 1.28 bits per heavy atom. The van der Waals surface area contributed by atoms with Crippen LogP contribution < -0.4 is 10.6 Å². The first kappa shape index (κ1) is 18.2. The van der Waals surface area contributed by atoms with E-state index in [1.807, 2.05) is 13.8 Å². The van der Waals surface area contributed by atoms with Crippen LogP contribution in [0.25, 0.3) is 0 Å². The minimum absolute atomic E-state index is 0.191. The number of esters is 1. The van der Waals surface area contributed by atoms with E-state index >= 15 is 0 Å². The maximum atomic E-state index is 12.2. The average molecular weight is 399 g/mol. The third-order valence-corrected chi connectivity index (χ3v) is 6.78. The summed E-state index contributed by atoms with van der Waals surface area (Å²) in [5.74, 6) is -0.428. The lowest BCUT2D eigenvalue weighted by molar-refractivity contribution is -0.113. The van der Waals surface area contributed by atoms with Gasteiger partial charge in [0, 0.05) is 10.9 Å². The Bertz CT molecular complexity index is 798. The number of nitrogens with one attached hydrogen (secondary N) is 2. The number of aromatic nitrogens is 2. The van der Waals surface area contributed by atoms with E-state index in [0.29, 0.717) is 16.6 Å². The topological polar surface area (TPSA) is 93.2 Å². The molecular formula is C15H18N4O3S3. The molecule has 0 atom stereocenters. The highest BCUT2D eigenvalue weighted by Crippen LogP contribution is 2.34. The molecule has 3 rings (SSSR count). The van der Waals surface area contributed by atoms with E-state index in [9.17, 15) is 9.59 Å². The first-order valence-corrected chi connectivity index (χ1v) is 10.3. The number of thioether (sulfide) groups is 1. The second-order valence-electron chi connectivity index (χ2n) is 5.61. The molecule has 0 bridgehead atoms. The minimum atomic E-state index is -0.440. The van der Waals surface area contributed by atoms with Crippen molar-refractivity contribution in [2.75, 3.05) is 23.5 Å². The summed E-state index contributed by atoms with van der Waals surface area (Å²) in [7, 11) is 1.33. The number of methoxy groups -OCH3 is 1. The SMILES string of the molecule is COC(=O)c1c(NC(=O)CSc2nnc(NC3CC3)s2)sc(C)c1C. The van der Waals surface area contributed by atoms with Gasteiger partial charge in [-0.15, -0.1) is 21.5 Å². The maximum Gasteiger partial charge on any atom is 0.341 e. The Morgan fingerprint density at radius 3 is 2.72 bits per heavy atom. The molecule has 0 radical (unpaired) electrons. The van der Waals surface area contributed by atoms with Crippen molar-refractivity contribution in [3.05, 3.63) is 16.0 Å². The second-order valence-corrected chi connectivity index (χ2v) is 9.03. The van der Waals surface area contributed by atoms with E-state index in [1.165, 1.54) is 54.4 Å². The molecule has 2 N–H and O–H groups in total. The summed E-state index contributed by atoms with van der Waals surface area (Å²) in [5.41, 5.74) is 1.26. The molecule has 0 unspecified atom stereocenters. The number of ether oxygens (including phenoxy) is 1. The Morgan fingerprint density at radius 2 is 2.04 bits per heavy atom. The van der Waals surface area contributed by atoms with Crippen LogP contribution >= 0.6 is 34.4 Å². The van der Waals surface area contributed by atoms with Crippen LogP contribution in [0.2, 0.25) is 0 Å². The molecule has 0 aromatic carbocycles. The molecule has 1 aliphatic rings. The highest BCUT2D eigenvalue weighted by molar-refractivity contribution is 8.01. The largest absolute Gasteiger partial charge is 0.465 e. The van der Waals surface area contributed by atoms with Crippen LogP contribution in [0, 0.1) is 13.8 Å². The Hall–Kier alpha value is -1.65. The highest BCUT2D eigenvalue weighted by Gasteiger charge is 2.23. The van der Waals surface area contributed by atoms with Crippen LogP contribution in [-0.2, 0) is 9.53 Å². The molecule has 0 aliphatic heterocycles. The molecule has 0 spiro atoms. The molecule has 1 fully saturated rings. The Labute approximate surface area is 157 Å². The average Bonchev–Trinajstić information content (AvgIpc) is 3.21. The van der Waals surface area contributed by atoms with E-state index in [0.717, 1.165) is 19.9 Å². The fourth-order valence-electron chi connectivity index (χ4n) is 2.08. The number of anilines is 2. The van der Waals surface area contributed by atoms with Gasteiger partial charge in [0.05, 0.1) is 18.4 Å². The fraction of sp³-hybridized carbons (Fsp3) is 0.467. The van der Waals surface area contributed by atoms with Gasteiger partial charge in [-0.25, -0.2) is 4.79 Å². The monoisotopic (exact) mass is 398 g/mol. The molecule has 1 aliphatic carbocycles. The number of rotatable bonds is 7. The van der Waals surface area contributed by atoms with E-state index in [2.05, 4.69) is 20.8 Å². The third-order valence-electron chi connectivity index (χ3n) is 3.67. The summed E-state index contributed by atoms with van der Waals surface area (Å²) >= 11 is 4.15. The van der Waals surface area contributed by atoms with Crippen molar-refractivity contribution in [3.8, 4) is 0 Å². The van der Waals surface area contributed by atoms with Crippen molar-refractivity contribution in [1.82, 2.24) is 10.2 Å². The smallest absolute Gasteiger partial charge is 0.341 e. The molecular weight excluding hydrogens is 380 g/mol. The van der Waals surface area contributed by atoms with Crippen LogP contribution in [0.1, 0.15) is 33.6 Å². The fourth-order valence-corrected chi connectivity index (χ4v) is 4.78. The summed E-state index contributed by atoms with van der Waals surface area (Å²) in [5, 5.41) is 15.5. The van der Waals surface area contributed by atoms with E-state index in [1.54, 1.807) is 0 Å². The first-order valence-electron chi connectivity index (χ1n) is 7.69. The van der Waals surface area contributed by atoms with Crippen molar-refractivity contribution >= 4 is 56.4 Å². The number of hydrogen-bond acceptors (Lipinski definition) is 9. The predicted molar refractivity (Wildman–Crippen MR) is 101 cm³/mol. The van der Waals surface area contributed by atoms with Gasteiger partial charge >= 0.3 is 5.97 Å². The van der Waals surface area contributed by atoms with E-state index < -0.39 is 5.97 Å². The Balaban J connectivity index is 1.58. The standard InChI is InChI=1S/C15H18N4O3S3/c1-7-8(2)24-12(11(7)13(21)22-3)17-10(20)6-23-15-19-18-14(25-15)16-9-4-5-9/h9H,4-6H2,1-3H3,(H,16,18)(H,17,20). The van der Waals surface area contributed by atoms with Gasteiger partial charge in [0.2, 0.25) is 11.0 Å². The van der Waals surface area contributed by atoms with Crippen molar-refractivity contribution in [2.24, 2.45) is 0 Å². The second kappa shape index (κ2) is 7.71. The van der Waals surface area contributed by atoms with Gasteiger partial charge in [0.25, 0.3) is 0 Å². The van der Waals surface area contributed by atoms with Gasteiger partial charge in [-0.1, -0.05) is 23.1 Å². The summed E-state index contributed by atoms with van der Waals surface area (Å²) < 4.78 is 5.55. The van der Waals surface area contributed by atoms with Gasteiger partial charge in [-0.2, -0.15) is 0 Å². The first-order chi connectivity index (χ1) is 12.0. The number of thiophene rings is 1. The van der Waals surface area contributed by atoms with Gasteiger partial charge in [-0.05, 0) is 32.3 Å². The summed E-state index contributed by atoms with van der Waals surface area (Å²) in [4.78, 5) is 25.1. The maximum absolute atomic E-state index is 12.2. The zero-order chi connectivity index (χ0) is 18.0. The van der Waals surface area contributed by atoms with Gasteiger partial charge in [0.15, 0.2) is 4.34 Å². The molecule has 7 nitrogen and oxygen atoms in total. The molecule has 10 heteroatoms. The quantitative estimate of drug-likeness (QED) is 0.546. The lowest BCUT2D eigenvalue weighted by Crippen LogP contribution is -2.16. The number of amides is 1. The van der Waals surface area contributed by atoms with E-state index in [-0.39, 0.29) is 11.7 Å².